The summed E-state index contributed by atoms with van der Waals surface area (Å²) >= 11 is 27.3. The van der Waals surface area contributed by atoms with Gasteiger partial charge in [0.05, 0.1) is 64.8 Å². The number of aldehydes is 2. The number of rotatable bonds is 12. The third kappa shape index (κ3) is 24.6. The third-order valence-electron chi connectivity index (χ3n) is 7.18. The summed E-state index contributed by atoms with van der Waals surface area (Å²) in [4.78, 5) is 41.9. The van der Waals surface area contributed by atoms with Gasteiger partial charge in [-0.1, -0.05) is 95.1 Å². The van der Waals surface area contributed by atoms with Crippen molar-refractivity contribution in [1.82, 2.24) is 0 Å². The van der Waals surface area contributed by atoms with Crippen molar-refractivity contribution >= 4 is 82.5 Å². The SMILES string of the molecule is C.C.C.C.C.COC(=O)c1cc(F)c(F)cc1Cl.COCCOCCOc1cc(Cl)c(C=O)cc1F.O=C(O)c1cc(F)c(F)cc1Cl.O=Cc1cc(F)c(F)cc1Cl.OCc1cc(F)c(F)cc1Cl. The second kappa shape index (κ2) is 37.7. The molecule has 0 saturated heterocycles. The molecular weight excluding hydrogens is 1060 g/mol. The number of halogens is 14. The van der Waals surface area contributed by atoms with Crippen molar-refractivity contribution < 1.29 is 87.9 Å². The van der Waals surface area contributed by atoms with Crippen LogP contribution >= 0.6 is 58.0 Å². The number of carboxylic acids is 1. The van der Waals surface area contributed by atoms with Gasteiger partial charge in [-0.15, -0.1) is 0 Å². The molecule has 0 aliphatic carbocycles. The summed E-state index contributed by atoms with van der Waals surface area (Å²) in [6, 6.07) is 8.13. The number of esters is 1. The van der Waals surface area contributed by atoms with Crippen LogP contribution in [0.25, 0.3) is 0 Å². The van der Waals surface area contributed by atoms with Gasteiger partial charge in [0.15, 0.2) is 70.7 Å². The van der Waals surface area contributed by atoms with Gasteiger partial charge in [0.2, 0.25) is 0 Å². The quantitative estimate of drug-likeness (QED) is 0.0407. The summed E-state index contributed by atoms with van der Waals surface area (Å²) in [5, 5.41) is 16.6. The summed E-state index contributed by atoms with van der Waals surface area (Å²) in [5.41, 5.74) is -0.410. The maximum atomic E-state index is 13.4. The molecule has 0 aliphatic rings. The minimum Gasteiger partial charge on any atom is -0.488 e. The fraction of sp³-hybridized carbons (Fsp3) is 0.261. The van der Waals surface area contributed by atoms with Gasteiger partial charge in [0.1, 0.15) is 6.61 Å². The van der Waals surface area contributed by atoms with Crippen LogP contribution in [-0.4, -0.2) is 75.4 Å². The van der Waals surface area contributed by atoms with Crippen molar-refractivity contribution in [2.75, 3.05) is 40.6 Å². The molecular formula is C46H50Cl5F9O10. The largest absolute Gasteiger partial charge is 0.488 e. The molecule has 0 bridgehead atoms. The summed E-state index contributed by atoms with van der Waals surface area (Å²) in [7, 11) is 2.70. The smallest absolute Gasteiger partial charge is 0.339 e. The van der Waals surface area contributed by atoms with Crippen LogP contribution in [0.1, 0.15) is 84.1 Å². The highest BCUT2D eigenvalue weighted by Crippen LogP contribution is 2.26. The van der Waals surface area contributed by atoms with Gasteiger partial charge >= 0.3 is 11.9 Å². The van der Waals surface area contributed by atoms with Crippen molar-refractivity contribution in [3.8, 4) is 5.75 Å². The number of carbonyl (C=O) groups excluding carboxylic acids is 3. The zero-order valence-corrected chi connectivity index (χ0v) is 36.7. The monoisotopic (exact) mass is 1110 g/mol. The minimum atomic E-state index is -1.39. The van der Waals surface area contributed by atoms with Gasteiger partial charge in [-0.05, 0) is 60.2 Å². The zero-order valence-electron chi connectivity index (χ0n) is 32.9. The van der Waals surface area contributed by atoms with Crippen LogP contribution < -0.4 is 4.74 Å². The minimum absolute atomic E-state index is 0. The summed E-state index contributed by atoms with van der Waals surface area (Å²) in [5.74, 6) is -11.6. The number of hydrogen-bond donors (Lipinski definition) is 2. The lowest BCUT2D eigenvalue weighted by atomic mass is 10.2. The number of methoxy groups -OCH3 is 2. The third-order valence-corrected chi connectivity index (χ3v) is 8.81. The van der Waals surface area contributed by atoms with Crippen molar-refractivity contribution in [2.24, 2.45) is 0 Å². The summed E-state index contributed by atoms with van der Waals surface area (Å²) in [6.07, 6.45) is 0.855. The number of carboxylic acid groups (broad SMARTS) is 1. The van der Waals surface area contributed by atoms with E-state index < -0.39 is 76.5 Å². The highest BCUT2D eigenvalue weighted by atomic mass is 35.5. The number of aliphatic hydroxyl groups is 1. The summed E-state index contributed by atoms with van der Waals surface area (Å²) < 4.78 is 132. The van der Waals surface area contributed by atoms with Gasteiger partial charge in [0.25, 0.3) is 0 Å². The van der Waals surface area contributed by atoms with E-state index in [9.17, 15) is 58.7 Å². The Hall–Kier alpha value is -5.12. The molecule has 0 aliphatic heterocycles. The van der Waals surface area contributed by atoms with Gasteiger partial charge in [-0.2, -0.15) is 0 Å². The van der Waals surface area contributed by atoms with Crippen molar-refractivity contribution in [1.29, 1.82) is 0 Å². The standard InChI is InChI=1S/C12H14ClFO4.C8H5ClF2O2.C7H3ClF2O2.C7H5ClF2O.C7H3ClF2O.5CH4/c1-16-2-3-17-4-5-18-12-7-10(13)9(8-15)6-11(12)14;1-13-8(12)4-2-6(10)7(11)3-5(4)9;8-4-2-6(10)5(9)1-3(4)7(11)12;2*8-5-2-7(10)6(9)1-4(5)3-11;;;;;/h6-8H,2-5H2,1H3;2-3H,1H3;1-2H,(H,11,12);1-2,11H,3H2;1-3H;5*1H4. The first-order valence-electron chi connectivity index (χ1n) is 17.1. The summed E-state index contributed by atoms with van der Waals surface area (Å²) in [6.45, 7) is 1.06. The molecule has 5 aromatic carbocycles. The fourth-order valence-electron chi connectivity index (χ4n) is 3.99. The van der Waals surface area contributed by atoms with E-state index in [1.54, 1.807) is 7.11 Å². The molecule has 0 heterocycles. The molecule has 0 saturated carbocycles. The van der Waals surface area contributed by atoms with Gasteiger partial charge in [0, 0.05) is 29.3 Å². The van der Waals surface area contributed by atoms with E-state index in [0.717, 1.165) is 43.5 Å². The lowest BCUT2D eigenvalue weighted by Crippen LogP contribution is -2.10. The predicted octanol–water partition coefficient (Wildman–Crippen LogP) is 14.8. The molecule has 0 spiro atoms. The van der Waals surface area contributed by atoms with E-state index in [4.69, 9.17) is 82.4 Å². The van der Waals surface area contributed by atoms with E-state index in [2.05, 4.69) is 4.74 Å². The van der Waals surface area contributed by atoms with Crippen molar-refractivity contribution in [3.63, 3.8) is 0 Å². The average molecular weight is 1110 g/mol. The predicted molar refractivity (Wildman–Crippen MR) is 254 cm³/mol. The maximum Gasteiger partial charge on any atom is 0.339 e. The van der Waals surface area contributed by atoms with Gasteiger partial charge < -0.3 is 29.2 Å². The van der Waals surface area contributed by atoms with Crippen LogP contribution in [0.4, 0.5) is 39.5 Å². The molecule has 0 aromatic heterocycles. The average Bonchev–Trinajstić information content (AvgIpc) is 3.26. The lowest BCUT2D eigenvalue weighted by molar-refractivity contribution is 0.0538. The Bertz CT molecular complexity index is 2440. The van der Waals surface area contributed by atoms with Crippen LogP contribution in [0.2, 0.25) is 25.1 Å². The van der Waals surface area contributed by atoms with Crippen LogP contribution in [0.3, 0.4) is 0 Å². The Morgan fingerprint density at radius 3 is 1.31 bits per heavy atom. The number of ether oxygens (including phenoxy) is 4. The highest BCUT2D eigenvalue weighted by molar-refractivity contribution is 6.34. The lowest BCUT2D eigenvalue weighted by Gasteiger charge is -2.09. The van der Waals surface area contributed by atoms with E-state index in [-0.39, 0.29) is 96.9 Å². The number of hydrogen-bond acceptors (Lipinski definition) is 9. The molecule has 0 amide bonds. The molecule has 2 N–H and O–H groups in total. The van der Waals surface area contributed by atoms with E-state index >= 15 is 0 Å². The number of aromatic carboxylic acids is 1. The van der Waals surface area contributed by atoms with Crippen molar-refractivity contribution in [2.45, 2.75) is 43.7 Å². The highest BCUT2D eigenvalue weighted by Gasteiger charge is 2.16. The zero-order chi connectivity index (χ0) is 49.6. The molecule has 0 radical (unpaired) electrons. The Balaban J connectivity index is -0.000000250. The molecule has 0 fully saturated rings. The maximum absolute atomic E-state index is 13.4. The molecule has 24 heteroatoms. The molecule has 5 aromatic rings. The number of benzene rings is 5. The normalized spacial score (nSPS) is 9.33. The molecule has 0 atom stereocenters. The topological polar surface area (TPSA) is 146 Å². The first kappa shape index (κ1) is 73.8. The first-order valence-corrected chi connectivity index (χ1v) is 19.0. The second-order valence-electron chi connectivity index (χ2n) is 11.6. The number of aliphatic hydroxyl groups excluding tert-OH is 1. The number of carbonyl (C=O) groups is 4. The Kier molecular flexibility index (Phi) is 39.7. The Labute approximate surface area is 424 Å². The molecule has 0 unspecified atom stereocenters. The molecule has 5 rings (SSSR count). The van der Waals surface area contributed by atoms with Crippen LogP contribution in [0.5, 0.6) is 5.75 Å². The van der Waals surface area contributed by atoms with Gasteiger partial charge in [-0.3, -0.25) is 9.59 Å². The second-order valence-corrected chi connectivity index (χ2v) is 13.6. The molecule has 392 valence electrons. The van der Waals surface area contributed by atoms with Gasteiger partial charge in [-0.25, -0.2) is 49.1 Å². The molecule has 10 nitrogen and oxygen atoms in total. The molecule has 70 heavy (non-hydrogen) atoms. The van der Waals surface area contributed by atoms with E-state index in [1.807, 2.05) is 0 Å². The van der Waals surface area contributed by atoms with Crippen LogP contribution in [0, 0.1) is 52.4 Å². The van der Waals surface area contributed by atoms with E-state index in [0.29, 0.717) is 50.6 Å². The van der Waals surface area contributed by atoms with Crippen LogP contribution in [0.15, 0.2) is 60.7 Å². The fourth-order valence-corrected chi connectivity index (χ4v) is 5.05. The van der Waals surface area contributed by atoms with Crippen molar-refractivity contribution in [3.05, 3.63) is 166 Å². The Morgan fingerprint density at radius 1 is 0.500 bits per heavy atom. The van der Waals surface area contributed by atoms with E-state index in [1.165, 1.54) is 6.07 Å². The van der Waals surface area contributed by atoms with Crippen LogP contribution in [-0.2, 0) is 20.8 Å². The first-order chi connectivity index (χ1) is 30.6. The Morgan fingerprint density at radius 2 is 0.871 bits per heavy atom.